The molecule has 0 fully saturated rings. The summed E-state index contributed by atoms with van der Waals surface area (Å²) in [7, 11) is 0. The van der Waals surface area contributed by atoms with E-state index in [1.807, 2.05) is 0 Å². The first kappa shape index (κ1) is 13.7. The van der Waals surface area contributed by atoms with Crippen molar-refractivity contribution in [2.75, 3.05) is 0 Å². The van der Waals surface area contributed by atoms with Crippen molar-refractivity contribution in [3.05, 3.63) is 64.2 Å². The molecule has 0 N–H and O–H groups in total. The molecule has 3 rings (SSSR count). The van der Waals surface area contributed by atoms with E-state index in [0.29, 0.717) is 6.10 Å². The van der Waals surface area contributed by atoms with Crippen LogP contribution in [-0.2, 0) is 6.42 Å². The van der Waals surface area contributed by atoms with Crippen LogP contribution in [0.15, 0.2) is 36.4 Å². The van der Waals surface area contributed by atoms with Gasteiger partial charge in [0.1, 0.15) is 11.9 Å². The first-order valence-corrected chi connectivity index (χ1v) is 7.97. The van der Waals surface area contributed by atoms with Crippen LogP contribution in [0.25, 0.3) is 0 Å². The lowest BCUT2D eigenvalue weighted by molar-refractivity contribution is 0.254. The van der Waals surface area contributed by atoms with Crippen LogP contribution in [0.2, 0.25) is 0 Å². The van der Waals surface area contributed by atoms with E-state index in [2.05, 4.69) is 73.1 Å². The van der Waals surface area contributed by atoms with Crippen molar-refractivity contribution in [1.82, 2.24) is 0 Å². The van der Waals surface area contributed by atoms with Gasteiger partial charge in [0.25, 0.3) is 0 Å². The highest BCUT2D eigenvalue weighted by Crippen LogP contribution is 2.37. The number of ether oxygens (including phenoxy) is 1. The van der Waals surface area contributed by atoms with Gasteiger partial charge in [0.2, 0.25) is 0 Å². The van der Waals surface area contributed by atoms with Gasteiger partial charge in [-0.25, -0.2) is 0 Å². The minimum absolute atomic E-state index is 0.240. The van der Waals surface area contributed by atoms with Crippen molar-refractivity contribution < 1.29 is 4.74 Å². The zero-order valence-electron chi connectivity index (χ0n) is 12.1. The lowest BCUT2D eigenvalue weighted by Gasteiger charge is -2.15. The van der Waals surface area contributed by atoms with Crippen LogP contribution < -0.4 is 4.74 Å². The summed E-state index contributed by atoms with van der Waals surface area (Å²) in [4.78, 5) is 0.240. The van der Waals surface area contributed by atoms with Gasteiger partial charge in [-0.05, 0) is 49.1 Å². The Kier molecular flexibility index (Phi) is 3.59. The highest BCUT2D eigenvalue weighted by molar-refractivity contribution is 9.09. The van der Waals surface area contributed by atoms with Crippen LogP contribution in [0, 0.1) is 13.8 Å². The van der Waals surface area contributed by atoms with Gasteiger partial charge in [-0.3, -0.25) is 0 Å². The van der Waals surface area contributed by atoms with E-state index in [-0.39, 0.29) is 4.83 Å². The first-order chi connectivity index (χ1) is 9.54. The second-order valence-electron chi connectivity index (χ2n) is 5.72. The first-order valence-electron chi connectivity index (χ1n) is 7.05. The third-order valence-corrected chi connectivity index (χ3v) is 4.93. The molecule has 0 aromatic heterocycles. The fourth-order valence-electron chi connectivity index (χ4n) is 2.89. The number of alkyl halides is 1. The Morgan fingerprint density at radius 1 is 1.15 bits per heavy atom. The van der Waals surface area contributed by atoms with Crippen molar-refractivity contribution in [3.8, 4) is 5.75 Å². The van der Waals surface area contributed by atoms with Gasteiger partial charge in [-0.2, -0.15) is 0 Å². The van der Waals surface area contributed by atoms with Crippen molar-refractivity contribution in [2.24, 2.45) is 0 Å². The van der Waals surface area contributed by atoms with Crippen LogP contribution >= 0.6 is 15.9 Å². The fraction of sp³-hybridized carbons (Fsp3) is 0.333. The van der Waals surface area contributed by atoms with Crippen LogP contribution in [0.1, 0.15) is 39.6 Å². The van der Waals surface area contributed by atoms with E-state index in [1.54, 1.807) is 0 Å². The predicted octanol–water partition coefficient (Wildman–Crippen LogP) is 5.11. The molecule has 2 atom stereocenters. The second kappa shape index (κ2) is 5.25. The van der Waals surface area contributed by atoms with Gasteiger partial charge in [0, 0.05) is 6.42 Å². The molecule has 0 bridgehead atoms. The molecule has 0 radical (unpaired) electrons. The van der Waals surface area contributed by atoms with Gasteiger partial charge in [-0.1, -0.05) is 51.8 Å². The normalized spacial score (nSPS) is 18.5. The quantitative estimate of drug-likeness (QED) is 0.695. The lowest BCUT2D eigenvalue weighted by Crippen LogP contribution is -2.05. The number of aryl methyl sites for hydroxylation is 2. The lowest BCUT2D eigenvalue weighted by atomic mass is 9.97. The minimum atomic E-state index is 0.240. The Labute approximate surface area is 129 Å². The number of hydrogen-bond donors (Lipinski definition) is 0. The van der Waals surface area contributed by atoms with Gasteiger partial charge < -0.3 is 4.74 Å². The molecule has 0 spiro atoms. The smallest absolute Gasteiger partial charge is 0.123 e. The van der Waals surface area contributed by atoms with Crippen LogP contribution in [-0.4, -0.2) is 6.10 Å². The maximum atomic E-state index is 5.77. The number of rotatable bonds is 2. The largest absolute Gasteiger partial charge is 0.490 e. The van der Waals surface area contributed by atoms with Crippen LogP contribution in [0.4, 0.5) is 0 Å². The summed E-state index contributed by atoms with van der Waals surface area (Å²) >= 11 is 3.85. The zero-order valence-corrected chi connectivity index (χ0v) is 13.7. The highest BCUT2D eigenvalue weighted by atomic mass is 79.9. The third kappa shape index (κ3) is 2.49. The average molecular weight is 331 g/mol. The average Bonchev–Trinajstić information content (AvgIpc) is 2.77. The SMILES string of the molecule is Cc1ccc(C(Br)c2ccc3c(c2)CC(C)O3)c(C)c1. The maximum Gasteiger partial charge on any atom is 0.123 e. The molecule has 20 heavy (non-hydrogen) atoms. The molecule has 2 heteroatoms. The van der Waals surface area contributed by atoms with Gasteiger partial charge in [-0.15, -0.1) is 0 Å². The molecule has 1 heterocycles. The molecule has 2 aromatic rings. The summed E-state index contributed by atoms with van der Waals surface area (Å²) < 4.78 is 5.77. The number of fused-ring (bicyclic) bond motifs is 1. The molecule has 0 saturated heterocycles. The maximum absolute atomic E-state index is 5.77. The Balaban J connectivity index is 1.95. The van der Waals surface area contributed by atoms with E-state index in [0.717, 1.165) is 12.2 Å². The van der Waals surface area contributed by atoms with Crippen LogP contribution in [0.5, 0.6) is 5.75 Å². The second-order valence-corrected chi connectivity index (χ2v) is 6.64. The molecule has 1 nitrogen and oxygen atoms in total. The summed E-state index contributed by atoms with van der Waals surface area (Å²) in [6.45, 7) is 6.43. The monoisotopic (exact) mass is 330 g/mol. The van der Waals surface area contributed by atoms with Gasteiger partial charge >= 0.3 is 0 Å². The Morgan fingerprint density at radius 3 is 2.70 bits per heavy atom. The standard InChI is InChI=1S/C18H19BrO/c1-11-4-6-16(12(2)8-11)18(19)14-5-7-17-15(10-14)9-13(3)20-17/h4-8,10,13,18H,9H2,1-3H3. The Bertz CT molecular complexity index is 648. The van der Waals surface area contributed by atoms with E-state index in [1.165, 1.54) is 27.8 Å². The summed E-state index contributed by atoms with van der Waals surface area (Å²) in [6, 6.07) is 13.2. The molecule has 0 amide bonds. The predicted molar refractivity (Wildman–Crippen MR) is 86.9 cm³/mol. The van der Waals surface area contributed by atoms with Gasteiger partial charge in [0.15, 0.2) is 0 Å². The molecule has 2 unspecified atom stereocenters. The number of benzene rings is 2. The fourth-order valence-corrected chi connectivity index (χ4v) is 3.69. The van der Waals surface area contributed by atoms with E-state index in [4.69, 9.17) is 4.74 Å². The van der Waals surface area contributed by atoms with E-state index >= 15 is 0 Å². The summed E-state index contributed by atoms with van der Waals surface area (Å²) in [6.07, 6.45) is 1.31. The third-order valence-electron chi connectivity index (χ3n) is 3.91. The topological polar surface area (TPSA) is 9.23 Å². The molecular weight excluding hydrogens is 312 g/mol. The summed E-state index contributed by atoms with van der Waals surface area (Å²) in [5, 5.41) is 0. The van der Waals surface area contributed by atoms with Crippen molar-refractivity contribution in [2.45, 2.75) is 38.1 Å². The summed E-state index contributed by atoms with van der Waals surface area (Å²) in [5.41, 5.74) is 6.60. The highest BCUT2D eigenvalue weighted by Gasteiger charge is 2.21. The molecule has 2 aromatic carbocycles. The molecule has 0 aliphatic carbocycles. The Hall–Kier alpha value is -1.28. The van der Waals surface area contributed by atoms with Crippen molar-refractivity contribution >= 4 is 15.9 Å². The van der Waals surface area contributed by atoms with Gasteiger partial charge in [0.05, 0.1) is 4.83 Å². The molecule has 1 aliphatic heterocycles. The van der Waals surface area contributed by atoms with Crippen molar-refractivity contribution in [3.63, 3.8) is 0 Å². The number of hydrogen-bond acceptors (Lipinski definition) is 1. The summed E-state index contributed by atoms with van der Waals surface area (Å²) in [5.74, 6) is 1.04. The Morgan fingerprint density at radius 2 is 1.95 bits per heavy atom. The molecule has 0 saturated carbocycles. The van der Waals surface area contributed by atoms with E-state index in [9.17, 15) is 0 Å². The van der Waals surface area contributed by atoms with E-state index < -0.39 is 0 Å². The molecular formula is C18H19BrO. The molecule has 104 valence electrons. The molecule has 1 aliphatic rings. The number of halogens is 1. The zero-order chi connectivity index (χ0) is 14.3. The van der Waals surface area contributed by atoms with Crippen LogP contribution in [0.3, 0.4) is 0 Å². The minimum Gasteiger partial charge on any atom is -0.490 e. The van der Waals surface area contributed by atoms with Crippen molar-refractivity contribution in [1.29, 1.82) is 0 Å².